The molecule has 0 spiro atoms. The van der Waals surface area contributed by atoms with Crippen LogP contribution in [0, 0.1) is 0 Å². The van der Waals surface area contributed by atoms with Crippen molar-refractivity contribution in [1.82, 2.24) is 10.2 Å². The minimum absolute atomic E-state index is 0. The fourth-order valence-electron chi connectivity index (χ4n) is 1.53. The maximum atomic E-state index is 11.0. The van der Waals surface area contributed by atoms with Crippen LogP contribution in [0.2, 0.25) is 0 Å². The molecule has 0 unspecified atom stereocenters. The molecule has 1 aliphatic rings. The summed E-state index contributed by atoms with van der Waals surface area (Å²) < 4.78 is 22.0. The van der Waals surface area contributed by atoms with Crippen molar-refractivity contribution in [3.8, 4) is 0 Å². The molecule has 2 radical (unpaired) electrons. The van der Waals surface area contributed by atoms with Crippen molar-refractivity contribution in [3.63, 3.8) is 0 Å². The van der Waals surface area contributed by atoms with Gasteiger partial charge in [0.05, 0.1) is 0 Å². The predicted octanol–water partition coefficient (Wildman–Crippen LogP) is -2.23. The molecular formula is C5H14N2Na2O6P2. The summed E-state index contributed by atoms with van der Waals surface area (Å²) in [6.07, 6.45) is 0. The molecule has 5 N–H and O–H groups in total. The van der Waals surface area contributed by atoms with E-state index in [1.165, 1.54) is 0 Å². The number of nitrogens with one attached hydrogen (secondary N) is 1. The molecule has 0 aromatic carbocycles. The van der Waals surface area contributed by atoms with Crippen LogP contribution in [-0.4, -0.2) is 115 Å². The zero-order valence-corrected chi connectivity index (χ0v) is 15.6. The summed E-state index contributed by atoms with van der Waals surface area (Å²) in [4.78, 5) is 36.8. The Morgan fingerprint density at radius 2 is 1.29 bits per heavy atom. The zero-order chi connectivity index (χ0) is 11.7. The van der Waals surface area contributed by atoms with Crippen LogP contribution in [0.3, 0.4) is 0 Å². The van der Waals surface area contributed by atoms with E-state index in [2.05, 4.69) is 5.32 Å². The molecule has 0 aliphatic carbocycles. The number of piperazine rings is 1. The van der Waals surface area contributed by atoms with Crippen LogP contribution in [0.1, 0.15) is 0 Å². The van der Waals surface area contributed by atoms with Crippen LogP contribution in [0.15, 0.2) is 0 Å². The monoisotopic (exact) mass is 306 g/mol. The minimum atomic E-state index is -4.83. The van der Waals surface area contributed by atoms with E-state index < -0.39 is 20.7 Å². The minimum Gasteiger partial charge on any atom is -0.323 e. The average molecular weight is 306 g/mol. The quantitative estimate of drug-likeness (QED) is 0.292. The van der Waals surface area contributed by atoms with Crippen molar-refractivity contribution in [2.45, 2.75) is 5.52 Å². The summed E-state index contributed by atoms with van der Waals surface area (Å²) in [5.74, 6) is 0. The molecule has 17 heavy (non-hydrogen) atoms. The van der Waals surface area contributed by atoms with Crippen LogP contribution in [0.4, 0.5) is 0 Å². The van der Waals surface area contributed by atoms with Gasteiger partial charge < -0.3 is 24.9 Å². The summed E-state index contributed by atoms with van der Waals surface area (Å²) in [5, 5.41) is 2.92. The standard InChI is InChI=1S/C5H14N2O6P2.2Na/c8-14(9,10)5(15(11,12)13)7-3-1-6-2-4-7;;/h5-6H,1-4H2,(H2,8,9,10)(H2,11,12,13);;. The van der Waals surface area contributed by atoms with Crippen molar-refractivity contribution in [1.29, 1.82) is 0 Å². The smallest absolute Gasteiger partial charge is 0.323 e. The normalized spacial score (nSPS) is 18.4. The van der Waals surface area contributed by atoms with Gasteiger partial charge in [0.2, 0.25) is 5.52 Å². The maximum Gasteiger partial charge on any atom is 0.354 e. The zero-order valence-electron chi connectivity index (χ0n) is 9.85. The molecule has 8 nitrogen and oxygen atoms in total. The van der Waals surface area contributed by atoms with E-state index in [0.717, 1.165) is 4.90 Å². The first-order valence-corrected chi connectivity index (χ1v) is 7.64. The summed E-state index contributed by atoms with van der Waals surface area (Å²) in [5.41, 5.74) is -2.01. The molecule has 0 bridgehead atoms. The van der Waals surface area contributed by atoms with Crippen molar-refractivity contribution in [2.75, 3.05) is 26.2 Å². The first-order valence-electron chi connectivity index (χ1n) is 4.28. The molecule has 1 rings (SSSR count). The molecule has 0 atom stereocenters. The van der Waals surface area contributed by atoms with Gasteiger partial charge in [-0.05, 0) is 0 Å². The van der Waals surface area contributed by atoms with Gasteiger partial charge in [0, 0.05) is 85.3 Å². The Morgan fingerprint density at radius 3 is 1.59 bits per heavy atom. The summed E-state index contributed by atoms with van der Waals surface area (Å²) in [7, 11) is -9.66. The van der Waals surface area contributed by atoms with E-state index in [1.54, 1.807) is 0 Å². The molecule has 0 amide bonds. The van der Waals surface area contributed by atoms with E-state index in [0.29, 0.717) is 13.1 Å². The van der Waals surface area contributed by atoms with Gasteiger partial charge in [0.25, 0.3) is 0 Å². The van der Waals surface area contributed by atoms with Gasteiger partial charge >= 0.3 is 15.2 Å². The second-order valence-electron chi connectivity index (χ2n) is 3.31. The van der Waals surface area contributed by atoms with E-state index in [4.69, 9.17) is 19.6 Å². The third-order valence-electron chi connectivity index (χ3n) is 2.08. The number of hydrogen-bond acceptors (Lipinski definition) is 4. The van der Waals surface area contributed by atoms with E-state index >= 15 is 0 Å². The van der Waals surface area contributed by atoms with Gasteiger partial charge in [0.15, 0.2) is 0 Å². The Hall–Kier alpha value is 2.22. The van der Waals surface area contributed by atoms with E-state index in [-0.39, 0.29) is 72.2 Å². The number of nitrogens with zero attached hydrogens (tertiary/aromatic N) is 1. The second-order valence-corrected chi connectivity index (χ2v) is 7.05. The fraction of sp³-hybridized carbons (Fsp3) is 1.00. The molecule has 12 heteroatoms. The number of rotatable bonds is 3. The molecule has 0 aromatic heterocycles. The molecule has 1 saturated heterocycles. The predicted molar refractivity (Wildman–Crippen MR) is 63.8 cm³/mol. The van der Waals surface area contributed by atoms with Crippen molar-refractivity contribution in [3.05, 3.63) is 0 Å². The molecular weight excluding hydrogens is 292 g/mol. The third-order valence-corrected chi connectivity index (χ3v) is 5.74. The van der Waals surface area contributed by atoms with Gasteiger partial charge in [-0.25, -0.2) is 0 Å². The fourth-order valence-corrected chi connectivity index (χ4v) is 4.41. The first-order chi connectivity index (χ1) is 6.73. The Kier molecular flexibility index (Phi) is 10.8. The Labute approximate surface area is 143 Å². The summed E-state index contributed by atoms with van der Waals surface area (Å²) >= 11 is 0. The molecule has 1 heterocycles. The largest absolute Gasteiger partial charge is 0.354 e. The van der Waals surface area contributed by atoms with Crippen molar-refractivity contribution in [2.24, 2.45) is 0 Å². The van der Waals surface area contributed by atoms with Crippen molar-refractivity contribution < 1.29 is 28.7 Å². The molecule has 1 aliphatic heterocycles. The number of hydrogen-bond donors (Lipinski definition) is 5. The second kappa shape index (κ2) is 8.49. The molecule has 1 fully saturated rings. The van der Waals surface area contributed by atoms with Crippen LogP contribution in [-0.2, 0) is 9.13 Å². The topological polar surface area (TPSA) is 130 Å². The SMILES string of the molecule is O=P(O)(O)C(N1CCNCC1)P(=O)(O)O.[Na].[Na]. The van der Waals surface area contributed by atoms with Crippen LogP contribution in [0.5, 0.6) is 0 Å². The van der Waals surface area contributed by atoms with Crippen LogP contribution in [0.25, 0.3) is 0 Å². The summed E-state index contributed by atoms with van der Waals surface area (Å²) in [6, 6.07) is 0. The van der Waals surface area contributed by atoms with Gasteiger partial charge in [0.1, 0.15) is 0 Å². The van der Waals surface area contributed by atoms with Gasteiger partial charge in [-0.15, -0.1) is 0 Å². The maximum absolute atomic E-state index is 11.0. The van der Waals surface area contributed by atoms with Gasteiger partial charge in [-0.1, -0.05) is 0 Å². The van der Waals surface area contributed by atoms with Crippen LogP contribution >= 0.6 is 15.2 Å². The van der Waals surface area contributed by atoms with E-state index in [9.17, 15) is 9.13 Å². The van der Waals surface area contributed by atoms with Gasteiger partial charge in [-0.2, -0.15) is 0 Å². The Morgan fingerprint density at radius 1 is 0.941 bits per heavy atom. The third kappa shape index (κ3) is 6.97. The Bertz CT molecular complexity index is 292. The first kappa shape index (κ1) is 21.5. The summed E-state index contributed by atoms with van der Waals surface area (Å²) in [6.45, 7) is 1.33. The Balaban J connectivity index is 0. The van der Waals surface area contributed by atoms with Crippen LogP contribution < -0.4 is 5.32 Å². The molecule has 92 valence electrons. The van der Waals surface area contributed by atoms with E-state index in [1.807, 2.05) is 0 Å². The molecule has 0 saturated carbocycles. The van der Waals surface area contributed by atoms with Gasteiger partial charge in [-0.3, -0.25) is 14.0 Å². The average Bonchev–Trinajstić information content (AvgIpc) is 2.00. The molecule has 0 aromatic rings. The van der Waals surface area contributed by atoms with Crippen molar-refractivity contribution >= 4 is 74.3 Å².